The molecule has 0 aliphatic heterocycles. The van der Waals surface area contributed by atoms with E-state index in [2.05, 4.69) is 26.1 Å². The van der Waals surface area contributed by atoms with E-state index in [1.807, 2.05) is 0 Å². The van der Waals surface area contributed by atoms with Crippen molar-refractivity contribution in [3.05, 3.63) is 28.5 Å². The molecule has 0 radical (unpaired) electrons. The summed E-state index contributed by atoms with van der Waals surface area (Å²) in [5, 5.41) is 3.43. The average molecular weight is 283 g/mol. The van der Waals surface area contributed by atoms with Crippen molar-refractivity contribution in [3.8, 4) is 11.5 Å². The van der Waals surface area contributed by atoms with E-state index in [-0.39, 0.29) is 11.7 Å². The van der Waals surface area contributed by atoms with Crippen LogP contribution in [0.25, 0.3) is 11.5 Å². The van der Waals surface area contributed by atoms with Crippen LogP contribution in [0.4, 0.5) is 5.69 Å². The van der Waals surface area contributed by atoms with Crippen molar-refractivity contribution in [1.82, 2.24) is 10.1 Å². The first kappa shape index (κ1) is 10.6. The van der Waals surface area contributed by atoms with Crippen molar-refractivity contribution >= 4 is 27.5 Å². The average Bonchev–Trinajstić information content (AvgIpc) is 2.70. The number of amides is 1. The molecule has 0 aliphatic rings. The van der Waals surface area contributed by atoms with E-state index in [9.17, 15) is 4.79 Å². The van der Waals surface area contributed by atoms with E-state index >= 15 is 0 Å². The summed E-state index contributed by atoms with van der Waals surface area (Å²) in [6.45, 7) is 0. The molecule has 2 rings (SSSR count). The molecule has 1 amide bonds. The third kappa shape index (κ3) is 1.89. The second kappa shape index (κ2) is 3.93. The van der Waals surface area contributed by atoms with Gasteiger partial charge in [-0.1, -0.05) is 21.1 Å². The molecule has 1 heterocycles. The van der Waals surface area contributed by atoms with E-state index in [0.29, 0.717) is 11.3 Å². The highest BCUT2D eigenvalue weighted by Gasteiger charge is 2.14. The summed E-state index contributed by atoms with van der Waals surface area (Å²) in [4.78, 5) is 14.6. The second-order valence-electron chi connectivity index (χ2n) is 3.02. The lowest BCUT2D eigenvalue weighted by Gasteiger charge is -2.00. The number of nitrogen functional groups attached to an aromatic ring is 1. The zero-order valence-corrected chi connectivity index (χ0v) is 9.56. The van der Waals surface area contributed by atoms with E-state index in [1.54, 1.807) is 18.2 Å². The molecule has 82 valence electrons. The van der Waals surface area contributed by atoms with Crippen LogP contribution in [-0.4, -0.2) is 16.0 Å². The molecule has 4 N–H and O–H groups in total. The van der Waals surface area contributed by atoms with Crippen molar-refractivity contribution in [3.63, 3.8) is 0 Å². The fourth-order valence-corrected chi connectivity index (χ4v) is 1.51. The number of carbonyl (C=O) groups excluding carboxylic acids is 1. The maximum Gasteiger partial charge on any atom is 0.290 e. The van der Waals surface area contributed by atoms with Crippen LogP contribution in [0.5, 0.6) is 0 Å². The van der Waals surface area contributed by atoms with Gasteiger partial charge in [-0.3, -0.25) is 4.79 Å². The van der Waals surface area contributed by atoms with Gasteiger partial charge in [-0.05, 0) is 18.2 Å². The SMILES string of the molecule is NC(=O)c1noc(-c2cc(Br)ccc2N)n1. The molecule has 2 aromatic rings. The fourth-order valence-electron chi connectivity index (χ4n) is 1.15. The first-order chi connectivity index (χ1) is 7.58. The van der Waals surface area contributed by atoms with Gasteiger partial charge in [0.25, 0.3) is 17.6 Å². The zero-order chi connectivity index (χ0) is 11.7. The van der Waals surface area contributed by atoms with Crippen LogP contribution >= 0.6 is 15.9 Å². The first-order valence-electron chi connectivity index (χ1n) is 4.27. The summed E-state index contributed by atoms with van der Waals surface area (Å²) < 4.78 is 5.70. The van der Waals surface area contributed by atoms with Crippen LogP contribution in [0.2, 0.25) is 0 Å². The molecule has 1 aromatic carbocycles. The summed E-state index contributed by atoms with van der Waals surface area (Å²) in [5.74, 6) is -0.759. The normalized spacial score (nSPS) is 10.3. The lowest BCUT2D eigenvalue weighted by atomic mass is 10.2. The summed E-state index contributed by atoms with van der Waals surface area (Å²) in [7, 11) is 0. The summed E-state index contributed by atoms with van der Waals surface area (Å²) in [5.41, 5.74) is 11.8. The minimum Gasteiger partial charge on any atom is -0.398 e. The third-order valence-corrected chi connectivity index (χ3v) is 2.39. The zero-order valence-electron chi connectivity index (χ0n) is 7.98. The molecule has 0 saturated heterocycles. The summed E-state index contributed by atoms with van der Waals surface area (Å²) in [6.07, 6.45) is 0. The highest BCUT2D eigenvalue weighted by atomic mass is 79.9. The number of primary amides is 1. The lowest BCUT2D eigenvalue weighted by molar-refractivity contribution is 0.0987. The number of halogens is 1. The number of rotatable bonds is 2. The molecule has 0 spiro atoms. The standard InChI is InChI=1S/C9H7BrN4O2/c10-4-1-2-6(11)5(3-4)9-13-8(7(12)15)14-16-9/h1-3H,11H2,(H2,12,15). The van der Waals surface area contributed by atoms with Gasteiger partial charge in [-0.15, -0.1) is 0 Å². The Balaban J connectivity index is 2.50. The van der Waals surface area contributed by atoms with Gasteiger partial charge in [0, 0.05) is 10.2 Å². The number of benzene rings is 1. The van der Waals surface area contributed by atoms with Crippen molar-refractivity contribution in [1.29, 1.82) is 0 Å². The van der Waals surface area contributed by atoms with Crippen LogP contribution in [0.3, 0.4) is 0 Å². The van der Waals surface area contributed by atoms with Crippen LogP contribution in [0.15, 0.2) is 27.2 Å². The molecule has 1 aromatic heterocycles. The Morgan fingerprint density at radius 2 is 2.19 bits per heavy atom. The lowest BCUT2D eigenvalue weighted by Crippen LogP contribution is -2.12. The highest BCUT2D eigenvalue weighted by molar-refractivity contribution is 9.10. The Bertz CT molecular complexity index is 552. The Morgan fingerprint density at radius 1 is 1.44 bits per heavy atom. The maximum absolute atomic E-state index is 10.8. The minimum atomic E-state index is -0.747. The van der Waals surface area contributed by atoms with Crippen molar-refractivity contribution < 1.29 is 9.32 Å². The van der Waals surface area contributed by atoms with E-state index in [1.165, 1.54) is 0 Å². The topological polar surface area (TPSA) is 108 Å². The summed E-state index contributed by atoms with van der Waals surface area (Å²) >= 11 is 3.29. The molecule has 0 aliphatic carbocycles. The molecule has 0 fully saturated rings. The number of nitrogens with zero attached hydrogens (tertiary/aromatic N) is 2. The maximum atomic E-state index is 10.8. The van der Waals surface area contributed by atoms with E-state index in [4.69, 9.17) is 16.0 Å². The van der Waals surface area contributed by atoms with Crippen molar-refractivity contribution in [2.45, 2.75) is 0 Å². The van der Waals surface area contributed by atoms with E-state index in [0.717, 1.165) is 4.47 Å². The van der Waals surface area contributed by atoms with Gasteiger partial charge in [0.2, 0.25) is 0 Å². The van der Waals surface area contributed by atoms with Gasteiger partial charge in [-0.2, -0.15) is 4.98 Å². The Morgan fingerprint density at radius 3 is 2.81 bits per heavy atom. The van der Waals surface area contributed by atoms with Gasteiger partial charge in [-0.25, -0.2) is 0 Å². The Kier molecular flexibility index (Phi) is 2.61. The molecule has 0 saturated carbocycles. The quantitative estimate of drug-likeness (QED) is 0.804. The first-order valence-corrected chi connectivity index (χ1v) is 5.06. The number of carbonyl (C=O) groups is 1. The van der Waals surface area contributed by atoms with Crippen LogP contribution in [0, 0.1) is 0 Å². The number of hydrogen-bond donors (Lipinski definition) is 2. The smallest absolute Gasteiger partial charge is 0.290 e. The van der Waals surface area contributed by atoms with Crippen LogP contribution in [0.1, 0.15) is 10.6 Å². The van der Waals surface area contributed by atoms with Crippen molar-refractivity contribution in [2.75, 3.05) is 5.73 Å². The monoisotopic (exact) mass is 282 g/mol. The third-order valence-electron chi connectivity index (χ3n) is 1.89. The second-order valence-corrected chi connectivity index (χ2v) is 3.93. The molecule has 16 heavy (non-hydrogen) atoms. The molecule has 6 nitrogen and oxygen atoms in total. The van der Waals surface area contributed by atoms with Gasteiger partial charge in [0.05, 0.1) is 5.56 Å². The molecule has 0 unspecified atom stereocenters. The fraction of sp³-hybridized carbons (Fsp3) is 0. The van der Waals surface area contributed by atoms with Gasteiger partial charge in [0.15, 0.2) is 0 Å². The van der Waals surface area contributed by atoms with Gasteiger partial charge in [0.1, 0.15) is 0 Å². The number of hydrogen-bond acceptors (Lipinski definition) is 5. The predicted octanol–water partition coefficient (Wildman–Crippen LogP) is 1.18. The molecule has 0 atom stereocenters. The molecular formula is C9H7BrN4O2. The van der Waals surface area contributed by atoms with E-state index < -0.39 is 5.91 Å². The minimum absolute atomic E-state index is 0.160. The molecule has 7 heteroatoms. The Hall–Kier alpha value is -1.89. The van der Waals surface area contributed by atoms with Gasteiger partial charge >= 0.3 is 0 Å². The van der Waals surface area contributed by atoms with Crippen LogP contribution < -0.4 is 11.5 Å². The largest absolute Gasteiger partial charge is 0.398 e. The number of anilines is 1. The summed E-state index contributed by atoms with van der Waals surface area (Å²) in [6, 6.07) is 5.19. The molecular weight excluding hydrogens is 276 g/mol. The van der Waals surface area contributed by atoms with Crippen LogP contribution in [-0.2, 0) is 0 Å². The molecule has 0 bridgehead atoms. The number of nitrogens with two attached hydrogens (primary N) is 2. The Labute approximate surface area is 98.7 Å². The number of aromatic nitrogens is 2. The predicted molar refractivity (Wildman–Crippen MR) is 60.4 cm³/mol. The highest BCUT2D eigenvalue weighted by Crippen LogP contribution is 2.27. The van der Waals surface area contributed by atoms with Crippen molar-refractivity contribution in [2.24, 2.45) is 5.73 Å². The van der Waals surface area contributed by atoms with Gasteiger partial charge < -0.3 is 16.0 Å².